The van der Waals surface area contributed by atoms with Gasteiger partial charge < -0.3 is 19.7 Å². The second-order valence-corrected chi connectivity index (χ2v) is 8.30. The Bertz CT molecular complexity index is 781. The van der Waals surface area contributed by atoms with E-state index in [4.69, 9.17) is 9.47 Å². The van der Waals surface area contributed by atoms with Crippen molar-refractivity contribution in [2.75, 3.05) is 33.5 Å². The van der Waals surface area contributed by atoms with Crippen LogP contribution in [0.5, 0.6) is 5.75 Å². The van der Waals surface area contributed by atoms with E-state index in [1.54, 1.807) is 21.0 Å². The van der Waals surface area contributed by atoms with Crippen LogP contribution in [0.1, 0.15) is 38.7 Å². The van der Waals surface area contributed by atoms with Crippen molar-refractivity contribution in [3.05, 3.63) is 29.8 Å². The Hall–Kier alpha value is -2.61. The van der Waals surface area contributed by atoms with Gasteiger partial charge in [0.15, 0.2) is 6.67 Å². The monoisotopic (exact) mass is 418 g/mol. The summed E-state index contributed by atoms with van der Waals surface area (Å²) in [6, 6.07) is 7.35. The number of nitrogens with one attached hydrogen (secondary N) is 2. The Morgan fingerprint density at radius 2 is 2.03 bits per heavy atom. The number of imide groups is 1. The molecule has 0 radical (unpaired) electrons. The van der Waals surface area contributed by atoms with Crippen molar-refractivity contribution in [1.82, 2.24) is 10.2 Å². The summed E-state index contributed by atoms with van der Waals surface area (Å²) in [6.45, 7) is 5.63. The number of nitrogens with zero attached hydrogens (tertiary/aromatic N) is 1. The van der Waals surface area contributed by atoms with Crippen LogP contribution in [-0.2, 0) is 20.7 Å². The maximum Gasteiger partial charge on any atom is 0.329 e. The summed E-state index contributed by atoms with van der Waals surface area (Å²) in [7, 11) is 1.62. The molecule has 30 heavy (non-hydrogen) atoms. The molecule has 0 bridgehead atoms. The molecule has 0 aliphatic carbocycles. The van der Waals surface area contributed by atoms with Crippen LogP contribution < -0.4 is 15.0 Å². The number of benzene rings is 1. The van der Waals surface area contributed by atoms with Gasteiger partial charge in [-0.25, -0.2) is 9.69 Å². The normalized spacial score (nSPS) is 26.4. The van der Waals surface area contributed by atoms with Gasteiger partial charge in [0.2, 0.25) is 0 Å². The number of carbonyl (C=O) groups excluding carboxylic acids is 3. The van der Waals surface area contributed by atoms with Crippen LogP contribution in [0.3, 0.4) is 0 Å². The number of piperidine rings is 1. The van der Waals surface area contributed by atoms with Gasteiger partial charge in [0, 0.05) is 0 Å². The van der Waals surface area contributed by atoms with Crippen molar-refractivity contribution in [3.63, 3.8) is 0 Å². The van der Waals surface area contributed by atoms with E-state index >= 15 is 0 Å². The number of urea groups is 1. The molecule has 0 aromatic heterocycles. The van der Waals surface area contributed by atoms with Crippen molar-refractivity contribution >= 4 is 17.9 Å². The molecule has 8 heteroatoms. The van der Waals surface area contributed by atoms with Crippen LogP contribution in [0.4, 0.5) is 4.79 Å². The fourth-order valence-electron chi connectivity index (χ4n) is 4.23. The zero-order valence-corrected chi connectivity index (χ0v) is 18.0. The van der Waals surface area contributed by atoms with Gasteiger partial charge in [-0.1, -0.05) is 12.1 Å². The van der Waals surface area contributed by atoms with Crippen molar-refractivity contribution in [1.29, 1.82) is 0 Å². The van der Waals surface area contributed by atoms with E-state index in [9.17, 15) is 14.4 Å². The predicted molar refractivity (Wildman–Crippen MR) is 110 cm³/mol. The van der Waals surface area contributed by atoms with E-state index in [2.05, 4.69) is 5.32 Å². The molecule has 2 saturated heterocycles. The fourth-order valence-corrected chi connectivity index (χ4v) is 4.23. The molecule has 0 spiro atoms. The number of esters is 1. The topological polar surface area (TPSA) is 89.4 Å². The minimum absolute atomic E-state index is 0.170. The van der Waals surface area contributed by atoms with Crippen molar-refractivity contribution in [3.8, 4) is 5.75 Å². The third-order valence-electron chi connectivity index (χ3n) is 6.04. The van der Waals surface area contributed by atoms with E-state index in [1.807, 2.05) is 24.3 Å². The third-order valence-corrected chi connectivity index (χ3v) is 6.04. The standard InChI is InChI=1S/C22H31N3O5/c1-4-30-19(26)17-6-5-13-24(14-17)15-25-20(27)22(2,23-21(25)28)12-11-16-7-9-18(29-3)10-8-16/h7-10,17H,4-6,11-15H2,1-3H3,(H,23,28)/p+1/t17-,22-/m1/s1. The Labute approximate surface area is 177 Å². The van der Waals surface area contributed by atoms with E-state index in [1.165, 1.54) is 4.90 Å². The first-order chi connectivity index (χ1) is 14.4. The van der Waals surface area contributed by atoms with Crippen LogP contribution in [-0.4, -0.2) is 61.8 Å². The highest BCUT2D eigenvalue weighted by molar-refractivity contribution is 6.06. The summed E-state index contributed by atoms with van der Waals surface area (Å²) in [5.74, 6) is 0.228. The van der Waals surface area contributed by atoms with Gasteiger partial charge in [-0.05, 0) is 57.2 Å². The van der Waals surface area contributed by atoms with Crippen LogP contribution in [0.15, 0.2) is 24.3 Å². The van der Waals surface area contributed by atoms with E-state index < -0.39 is 5.54 Å². The second kappa shape index (κ2) is 9.47. The lowest BCUT2D eigenvalue weighted by Gasteiger charge is -2.30. The number of aryl methyl sites for hydroxylation is 1. The molecule has 3 atom stereocenters. The van der Waals surface area contributed by atoms with Crippen LogP contribution >= 0.6 is 0 Å². The summed E-state index contributed by atoms with van der Waals surface area (Å²) in [6.07, 6.45) is 2.85. The molecule has 1 aromatic rings. The van der Waals surface area contributed by atoms with Gasteiger partial charge in [-0.3, -0.25) is 9.59 Å². The van der Waals surface area contributed by atoms with Gasteiger partial charge in [-0.2, -0.15) is 0 Å². The van der Waals surface area contributed by atoms with E-state index in [-0.39, 0.29) is 30.5 Å². The summed E-state index contributed by atoms with van der Waals surface area (Å²) in [5, 5.41) is 2.87. The van der Waals surface area contributed by atoms with Gasteiger partial charge in [0.1, 0.15) is 17.2 Å². The molecular weight excluding hydrogens is 386 g/mol. The minimum atomic E-state index is -0.924. The molecule has 164 valence electrons. The first kappa shape index (κ1) is 22.1. The molecule has 1 unspecified atom stereocenters. The van der Waals surface area contributed by atoms with Gasteiger partial charge >= 0.3 is 12.0 Å². The zero-order valence-electron chi connectivity index (χ0n) is 18.0. The number of likely N-dealkylation sites (tertiary alicyclic amines) is 1. The summed E-state index contributed by atoms with van der Waals surface area (Å²) in [4.78, 5) is 40.1. The average Bonchev–Trinajstić information content (AvgIpc) is 2.96. The van der Waals surface area contributed by atoms with Gasteiger partial charge in [0.25, 0.3) is 5.91 Å². The first-order valence-corrected chi connectivity index (χ1v) is 10.6. The number of hydrogen-bond donors (Lipinski definition) is 2. The summed E-state index contributed by atoms with van der Waals surface area (Å²) in [5.41, 5.74) is 0.156. The fraction of sp³-hybridized carbons (Fsp3) is 0.591. The molecule has 8 nitrogen and oxygen atoms in total. The summed E-state index contributed by atoms with van der Waals surface area (Å²) < 4.78 is 10.3. The lowest BCUT2D eigenvalue weighted by molar-refractivity contribution is -0.914. The van der Waals surface area contributed by atoms with Crippen molar-refractivity contribution in [2.24, 2.45) is 5.92 Å². The maximum atomic E-state index is 13.1. The first-order valence-electron chi connectivity index (χ1n) is 10.6. The minimum Gasteiger partial charge on any atom is -0.497 e. The molecule has 0 saturated carbocycles. The SMILES string of the molecule is CCOC(=O)[C@@H]1CCC[NH+](CN2C(=O)N[C@](C)(CCc3ccc(OC)cc3)C2=O)C1. The van der Waals surface area contributed by atoms with E-state index in [0.717, 1.165) is 35.6 Å². The Morgan fingerprint density at radius 3 is 2.70 bits per heavy atom. The number of ether oxygens (including phenoxy) is 2. The zero-order chi connectivity index (χ0) is 21.7. The second-order valence-electron chi connectivity index (χ2n) is 8.30. The number of carbonyl (C=O) groups is 3. The predicted octanol–water partition coefficient (Wildman–Crippen LogP) is 0.754. The number of quaternary nitrogens is 1. The smallest absolute Gasteiger partial charge is 0.329 e. The van der Waals surface area contributed by atoms with Crippen molar-refractivity contribution < 1.29 is 28.8 Å². The molecule has 2 N–H and O–H groups in total. The molecule has 1 aromatic carbocycles. The van der Waals surface area contributed by atoms with Crippen LogP contribution in [0.25, 0.3) is 0 Å². The van der Waals surface area contributed by atoms with Crippen LogP contribution in [0, 0.1) is 5.92 Å². The number of rotatable bonds is 8. The maximum absolute atomic E-state index is 13.1. The Morgan fingerprint density at radius 1 is 1.30 bits per heavy atom. The molecule has 2 aliphatic heterocycles. The van der Waals surface area contributed by atoms with Gasteiger partial charge in [-0.15, -0.1) is 0 Å². The van der Waals surface area contributed by atoms with Crippen LogP contribution in [0.2, 0.25) is 0 Å². The lowest BCUT2D eigenvalue weighted by atomic mass is 9.93. The van der Waals surface area contributed by atoms with Gasteiger partial charge in [0.05, 0.1) is 26.8 Å². The molecule has 2 heterocycles. The quantitative estimate of drug-likeness (QED) is 0.481. The Balaban J connectivity index is 1.58. The number of hydrogen-bond acceptors (Lipinski definition) is 5. The molecule has 2 fully saturated rings. The Kier molecular flexibility index (Phi) is 6.97. The highest BCUT2D eigenvalue weighted by Crippen LogP contribution is 2.23. The summed E-state index contributed by atoms with van der Waals surface area (Å²) >= 11 is 0. The highest BCUT2D eigenvalue weighted by atomic mass is 16.5. The molecular formula is C22H32N3O5+. The molecule has 3 rings (SSSR count). The largest absolute Gasteiger partial charge is 0.497 e. The van der Waals surface area contributed by atoms with E-state index in [0.29, 0.717) is 26.0 Å². The lowest BCUT2D eigenvalue weighted by Crippen LogP contribution is -3.15. The molecule has 3 amide bonds. The number of methoxy groups -OCH3 is 1. The average molecular weight is 419 g/mol. The molecule has 2 aliphatic rings. The van der Waals surface area contributed by atoms with Crippen molar-refractivity contribution in [2.45, 2.75) is 45.1 Å². The number of amides is 3. The third kappa shape index (κ3) is 4.92. The highest BCUT2D eigenvalue weighted by Gasteiger charge is 2.49.